The molecule has 1 rings (SSSR count). The van der Waals surface area contributed by atoms with Crippen LogP contribution in [-0.4, -0.2) is 9.97 Å². The molecule has 56 valence electrons. The van der Waals surface area contributed by atoms with Crippen molar-refractivity contribution >= 4 is 0 Å². The highest BCUT2D eigenvalue weighted by molar-refractivity contribution is 5.10. The maximum atomic E-state index is 4.04. The van der Waals surface area contributed by atoms with Gasteiger partial charge in [-0.05, 0) is 6.07 Å². The van der Waals surface area contributed by atoms with Crippen LogP contribution in [0.15, 0.2) is 18.6 Å². The van der Waals surface area contributed by atoms with Crippen LogP contribution in [0.1, 0.15) is 19.0 Å². The Hall–Kier alpha value is -1.36. The second-order valence-electron chi connectivity index (χ2n) is 2.08. The van der Waals surface area contributed by atoms with Crippen LogP contribution in [0.4, 0.5) is 0 Å². The van der Waals surface area contributed by atoms with Crippen molar-refractivity contribution in [3.8, 4) is 11.8 Å². The van der Waals surface area contributed by atoms with E-state index in [1.54, 1.807) is 12.5 Å². The lowest BCUT2D eigenvalue weighted by atomic mass is 10.3. The molecule has 0 aliphatic rings. The molecule has 0 spiro atoms. The Bertz CT molecular complexity index is 256. The topological polar surface area (TPSA) is 25.8 Å². The van der Waals surface area contributed by atoms with Crippen molar-refractivity contribution < 1.29 is 0 Å². The molecule has 2 heteroatoms. The first-order valence-corrected chi connectivity index (χ1v) is 3.64. The first-order chi connectivity index (χ1) is 5.43. The third-order valence-corrected chi connectivity index (χ3v) is 1.21. The fraction of sp³-hybridized carbons (Fsp3) is 0.333. The fourth-order valence-corrected chi connectivity index (χ4v) is 0.701. The van der Waals surface area contributed by atoms with Gasteiger partial charge in [-0.15, -0.1) is 5.92 Å². The van der Waals surface area contributed by atoms with E-state index in [0.29, 0.717) is 0 Å². The summed E-state index contributed by atoms with van der Waals surface area (Å²) in [6.45, 7) is 2.03. The van der Waals surface area contributed by atoms with Crippen LogP contribution < -0.4 is 0 Å². The molecule has 0 amide bonds. The molecule has 0 N–H and O–H groups in total. The molecule has 0 fully saturated rings. The number of rotatable bonds is 1. The Morgan fingerprint density at radius 1 is 1.45 bits per heavy atom. The van der Waals surface area contributed by atoms with E-state index in [1.807, 2.05) is 13.0 Å². The van der Waals surface area contributed by atoms with Gasteiger partial charge in [0.15, 0.2) is 0 Å². The summed E-state index contributed by atoms with van der Waals surface area (Å²) in [6.07, 6.45) is 4.92. The molecule has 1 heterocycles. The largest absolute Gasteiger partial charge is 0.245 e. The first kappa shape index (κ1) is 7.74. The molecular formula is C9H10N2. The number of hydrogen-bond donors (Lipinski definition) is 0. The lowest BCUT2D eigenvalue weighted by Crippen LogP contribution is -1.86. The maximum absolute atomic E-state index is 4.04. The lowest BCUT2D eigenvalue weighted by molar-refractivity contribution is 1.06. The second-order valence-corrected chi connectivity index (χ2v) is 2.08. The number of hydrogen-bond acceptors (Lipinski definition) is 2. The predicted octanol–water partition coefficient (Wildman–Crippen LogP) is 1.43. The summed E-state index contributed by atoms with van der Waals surface area (Å²) in [5.74, 6) is 6.00. The molecule has 1 aromatic heterocycles. The Morgan fingerprint density at radius 2 is 2.36 bits per heavy atom. The average molecular weight is 146 g/mol. The fourth-order valence-electron chi connectivity index (χ4n) is 0.701. The van der Waals surface area contributed by atoms with Gasteiger partial charge in [-0.3, -0.25) is 0 Å². The standard InChI is InChI=1S/C9H10N2/c1-2-3-4-5-9-6-7-10-8-11-9/h6-8H,2,5H2,1H3. The summed E-state index contributed by atoms with van der Waals surface area (Å²) in [4.78, 5) is 7.85. The van der Waals surface area contributed by atoms with Gasteiger partial charge >= 0.3 is 0 Å². The highest BCUT2D eigenvalue weighted by Crippen LogP contribution is 1.90. The Labute approximate surface area is 66.7 Å². The van der Waals surface area contributed by atoms with E-state index < -0.39 is 0 Å². The predicted molar refractivity (Wildman–Crippen MR) is 43.8 cm³/mol. The summed E-state index contributed by atoms with van der Waals surface area (Å²) < 4.78 is 0. The van der Waals surface area contributed by atoms with E-state index in [9.17, 15) is 0 Å². The SMILES string of the molecule is CCC#CCc1ccncn1. The Morgan fingerprint density at radius 3 is 3.00 bits per heavy atom. The number of nitrogens with zero attached hydrogens (tertiary/aromatic N) is 2. The molecule has 0 aliphatic carbocycles. The first-order valence-electron chi connectivity index (χ1n) is 3.64. The summed E-state index contributed by atoms with van der Waals surface area (Å²) in [7, 11) is 0. The Kier molecular flexibility index (Phi) is 3.14. The maximum Gasteiger partial charge on any atom is 0.115 e. The molecule has 0 saturated heterocycles. The van der Waals surface area contributed by atoms with Gasteiger partial charge in [0.25, 0.3) is 0 Å². The van der Waals surface area contributed by atoms with Crippen molar-refractivity contribution in [2.45, 2.75) is 19.8 Å². The van der Waals surface area contributed by atoms with Crippen LogP contribution in [0.2, 0.25) is 0 Å². The molecule has 0 saturated carbocycles. The van der Waals surface area contributed by atoms with Gasteiger partial charge in [-0.25, -0.2) is 9.97 Å². The molecule has 0 aliphatic heterocycles. The van der Waals surface area contributed by atoms with Gasteiger partial charge in [-0.1, -0.05) is 12.8 Å². The lowest BCUT2D eigenvalue weighted by Gasteiger charge is -1.88. The normalized spacial score (nSPS) is 8.45. The molecule has 0 aromatic carbocycles. The highest BCUT2D eigenvalue weighted by Gasteiger charge is 1.86. The second kappa shape index (κ2) is 4.45. The minimum absolute atomic E-state index is 0.732. The van der Waals surface area contributed by atoms with Crippen LogP contribution in [0.3, 0.4) is 0 Å². The van der Waals surface area contributed by atoms with Crippen LogP contribution in [0.5, 0.6) is 0 Å². The molecule has 2 nitrogen and oxygen atoms in total. The van der Waals surface area contributed by atoms with Crippen molar-refractivity contribution in [2.24, 2.45) is 0 Å². The summed E-state index contributed by atoms with van der Waals surface area (Å²) in [6, 6.07) is 1.88. The van der Waals surface area contributed by atoms with Gasteiger partial charge in [0.05, 0.1) is 12.1 Å². The van der Waals surface area contributed by atoms with E-state index in [1.165, 1.54) is 0 Å². The van der Waals surface area contributed by atoms with Crippen LogP contribution in [-0.2, 0) is 6.42 Å². The molecule has 0 atom stereocenters. The number of aromatic nitrogens is 2. The van der Waals surface area contributed by atoms with Gasteiger partial charge in [-0.2, -0.15) is 0 Å². The third-order valence-electron chi connectivity index (χ3n) is 1.21. The van der Waals surface area contributed by atoms with Gasteiger partial charge < -0.3 is 0 Å². The zero-order chi connectivity index (χ0) is 7.94. The third kappa shape index (κ3) is 2.81. The van der Waals surface area contributed by atoms with Gasteiger partial charge in [0.1, 0.15) is 6.33 Å². The average Bonchev–Trinajstić information content (AvgIpc) is 2.07. The van der Waals surface area contributed by atoms with Crippen LogP contribution in [0.25, 0.3) is 0 Å². The van der Waals surface area contributed by atoms with Crippen molar-refractivity contribution in [2.75, 3.05) is 0 Å². The van der Waals surface area contributed by atoms with Crippen molar-refractivity contribution in [3.05, 3.63) is 24.3 Å². The summed E-state index contributed by atoms with van der Waals surface area (Å²) in [5, 5.41) is 0. The van der Waals surface area contributed by atoms with Crippen molar-refractivity contribution in [1.82, 2.24) is 9.97 Å². The zero-order valence-electron chi connectivity index (χ0n) is 6.54. The van der Waals surface area contributed by atoms with Crippen LogP contribution in [0, 0.1) is 11.8 Å². The molecular weight excluding hydrogens is 136 g/mol. The smallest absolute Gasteiger partial charge is 0.115 e. The van der Waals surface area contributed by atoms with Crippen LogP contribution >= 0.6 is 0 Å². The summed E-state index contributed by atoms with van der Waals surface area (Å²) in [5.41, 5.74) is 0.987. The van der Waals surface area contributed by atoms with Gasteiger partial charge in [0, 0.05) is 12.6 Å². The molecule has 0 bridgehead atoms. The van der Waals surface area contributed by atoms with E-state index in [0.717, 1.165) is 18.5 Å². The van der Waals surface area contributed by atoms with E-state index in [4.69, 9.17) is 0 Å². The van der Waals surface area contributed by atoms with Crippen molar-refractivity contribution in [3.63, 3.8) is 0 Å². The summed E-state index contributed by atoms with van der Waals surface area (Å²) >= 11 is 0. The zero-order valence-corrected chi connectivity index (χ0v) is 6.54. The molecule has 1 aromatic rings. The molecule has 11 heavy (non-hydrogen) atoms. The van der Waals surface area contributed by atoms with E-state index >= 15 is 0 Å². The minimum Gasteiger partial charge on any atom is -0.245 e. The Balaban J connectivity index is 2.52. The monoisotopic (exact) mass is 146 g/mol. The molecule has 0 radical (unpaired) electrons. The van der Waals surface area contributed by atoms with Gasteiger partial charge in [0.2, 0.25) is 0 Å². The minimum atomic E-state index is 0.732. The van der Waals surface area contributed by atoms with E-state index in [2.05, 4.69) is 21.8 Å². The van der Waals surface area contributed by atoms with E-state index in [-0.39, 0.29) is 0 Å². The van der Waals surface area contributed by atoms with Crippen molar-refractivity contribution in [1.29, 1.82) is 0 Å². The molecule has 0 unspecified atom stereocenters. The highest BCUT2D eigenvalue weighted by atomic mass is 14.8. The quantitative estimate of drug-likeness (QED) is 0.560.